The average Bonchev–Trinajstić information content (AvgIpc) is 3.31. The largest absolute Gasteiger partial charge is 0.207 e. The fourth-order valence-corrected chi connectivity index (χ4v) is 12.1. The minimum Gasteiger partial charge on any atom is -0.207 e. The summed E-state index contributed by atoms with van der Waals surface area (Å²) >= 11 is 0. The Kier molecular flexibility index (Phi) is 24.4. The van der Waals surface area contributed by atoms with Gasteiger partial charge < -0.3 is 0 Å². The first-order valence-corrected chi connectivity index (χ1v) is 27.5. The van der Waals surface area contributed by atoms with Crippen LogP contribution in [0.2, 0.25) is 0 Å². The second-order valence-electron chi connectivity index (χ2n) is 21.2. The van der Waals surface area contributed by atoms with Gasteiger partial charge >= 0.3 is 0 Å². The number of rotatable bonds is 19. The van der Waals surface area contributed by atoms with Crippen LogP contribution in [0.4, 0.5) is 8.78 Å². The van der Waals surface area contributed by atoms with Gasteiger partial charge in [0, 0.05) is 23.0 Å². The van der Waals surface area contributed by atoms with Gasteiger partial charge in [0.25, 0.3) is 0 Å². The molecule has 0 N–H and O–H groups in total. The molecular formula is C61H92F2. The lowest BCUT2D eigenvalue weighted by Gasteiger charge is -2.37. The summed E-state index contributed by atoms with van der Waals surface area (Å²) in [7, 11) is 0. The monoisotopic (exact) mass is 863 g/mol. The van der Waals surface area contributed by atoms with Gasteiger partial charge in [0.15, 0.2) is 0 Å². The summed E-state index contributed by atoms with van der Waals surface area (Å²) < 4.78 is 28.7. The summed E-state index contributed by atoms with van der Waals surface area (Å²) in [5.41, 5.74) is 3.39. The third kappa shape index (κ3) is 18.7. The van der Waals surface area contributed by atoms with Gasteiger partial charge in [0.05, 0.1) is 0 Å². The van der Waals surface area contributed by atoms with Crippen LogP contribution in [0.25, 0.3) is 0 Å². The highest BCUT2D eigenvalue weighted by Crippen LogP contribution is 2.44. The first-order valence-electron chi connectivity index (χ1n) is 27.5. The van der Waals surface area contributed by atoms with Gasteiger partial charge in [-0.05, 0) is 174 Å². The maximum absolute atomic E-state index is 14.4. The summed E-state index contributed by atoms with van der Waals surface area (Å²) in [4.78, 5) is 0. The van der Waals surface area contributed by atoms with Crippen molar-refractivity contribution in [2.75, 3.05) is 0 Å². The van der Waals surface area contributed by atoms with E-state index in [-0.39, 0.29) is 11.6 Å². The summed E-state index contributed by atoms with van der Waals surface area (Å²) in [5, 5.41) is 0. The lowest BCUT2D eigenvalue weighted by atomic mass is 9.69. The van der Waals surface area contributed by atoms with E-state index in [1.807, 2.05) is 24.3 Å². The Morgan fingerprint density at radius 2 is 0.730 bits per heavy atom. The van der Waals surface area contributed by atoms with Crippen LogP contribution in [0.5, 0.6) is 0 Å². The average molecular weight is 863 g/mol. The van der Waals surface area contributed by atoms with E-state index in [1.165, 1.54) is 186 Å². The number of aryl methyl sites for hydroxylation is 2. The highest BCUT2D eigenvalue weighted by molar-refractivity contribution is 5.38. The summed E-state index contributed by atoms with van der Waals surface area (Å²) in [6.07, 6.45) is 43.6. The van der Waals surface area contributed by atoms with E-state index in [0.717, 1.165) is 83.4 Å². The molecule has 2 heteroatoms. The van der Waals surface area contributed by atoms with Crippen LogP contribution < -0.4 is 0 Å². The van der Waals surface area contributed by atoms with Gasteiger partial charge in [-0.1, -0.05) is 173 Å². The van der Waals surface area contributed by atoms with Crippen molar-refractivity contribution in [3.63, 3.8) is 0 Å². The van der Waals surface area contributed by atoms with Crippen molar-refractivity contribution in [1.82, 2.24) is 0 Å². The van der Waals surface area contributed by atoms with E-state index in [4.69, 9.17) is 0 Å². The van der Waals surface area contributed by atoms with Crippen LogP contribution in [0.1, 0.15) is 249 Å². The standard InChI is InChI=1S/C31H47F.C30H45F/c1-3-5-7-9-10-25-14-19-28(20-15-25)29-21-16-26(17-22-29)12-13-27-18-23-30(31(32)24-27)11-8-6-4-2;1-3-5-7-9-24-13-18-27(19-14-24)28-20-15-25(16-21-28)11-12-26-17-22-29(30(31)23-26)10-8-6-4-2/h18,23-26,28-29H,3-11,14-17,19-22H2,1-2H3;17,22-25,27-28H,3-10,13-16,18-21H2,1-2H3/t25-,26?,28-,29?;24-,25?,27-,28?. The quantitative estimate of drug-likeness (QED) is 0.0975. The molecule has 0 bridgehead atoms. The molecule has 0 amide bonds. The molecule has 0 spiro atoms. The molecule has 0 aliphatic heterocycles. The first kappa shape index (κ1) is 51.4. The molecule has 350 valence electrons. The predicted octanol–water partition coefficient (Wildman–Crippen LogP) is 18.6. The second kappa shape index (κ2) is 29.9. The number of halogens is 2. The minimum atomic E-state index is -0.0723. The summed E-state index contributed by atoms with van der Waals surface area (Å²) in [6.45, 7) is 8.98. The summed E-state index contributed by atoms with van der Waals surface area (Å²) in [6, 6.07) is 11.2. The molecule has 0 radical (unpaired) electrons. The Morgan fingerprint density at radius 1 is 0.397 bits per heavy atom. The molecule has 0 aromatic heterocycles. The van der Waals surface area contributed by atoms with Crippen molar-refractivity contribution in [1.29, 1.82) is 0 Å². The molecule has 0 saturated heterocycles. The van der Waals surface area contributed by atoms with E-state index in [0.29, 0.717) is 11.8 Å². The second-order valence-corrected chi connectivity index (χ2v) is 21.2. The van der Waals surface area contributed by atoms with Gasteiger partial charge in [-0.3, -0.25) is 0 Å². The van der Waals surface area contributed by atoms with Crippen LogP contribution in [0.3, 0.4) is 0 Å². The van der Waals surface area contributed by atoms with E-state index in [9.17, 15) is 8.78 Å². The van der Waals surface area contributed by atoms with Crippen LogP contribution in [-0.4, -0.2) is 0 Å². The van der Waals surface area contributed by atoms with Gasteiger partial charge in [-0.25, -0.2) is 8.78 Å². The lowest BCUT2D eigenvalue weighted by molar-refractivity contribution is 0.153. The molecule has 0 heterocycles. The van der Waals surface area contributed by atoms with E-state index in [2.05, 4.69) is 51.4 Å². The molecule has 0 unspecified atom stereocenters. The molecule has 4 saturated carbocycles. The first-order chi connectivity index (χ1) is 30.9. The molecule has 0 nitrogen and oxygen atoms in total. The highest BCUT2D eigenvalue weighted by Gasteiger charge is 2.32. The molecule has 4 fully saturated rings. The Morgan fingerprint density at radius 3 is 1.10 bits per heavy atom. The van der Waals surface area contributed by atoms with E-state index in [1.54, 1.807) is 12.1 Å². The van der Waals surface area contributed by atoms with E-state index < -0.39 is 0 Å². The topological polar surface area (TPSA) is 0 Å². The van der Waals surface area contributed by atoms with Crippen LogP contribution in [-0.2, 0) is 12.8 Å². The Labute approximate surface area is 388 Å². The van der Waals surface area contributed by atoms with Gasteiger partial charge in [0.1, 0.15) is 11.6 Å². The third-order valence-electron chi connectivity index (χ3n) is 16.4. The van der Waals surface area contributed by atoms with Crippen LogP contribution in [0.15, 0.2) is 36.4 Å². The number of hydrogen-bond donors (Lipinski definition) is 0. The van der Waals surface area contributed by atoms with Crippen molar-refractivity contribution in [3.05, 3.63) is 70.3 Å². The number of unbranched alkanes of at least 4 members (excludes halogenated alkanes) is 9. The molecule has 4 aliphatic carbocycles. The highest BCUT2D eigenvalue weighted by atomic mass is 19.1. The van der Waals surface area contributed by atoms with Crippen molar-refractivity contribution in [2.45, 2.75) is 240 Å². The third-order valence-corrected chi connectivity index (χ3v) is 16.4. The van der Waals surface area contributed by atoms with Crippen molar-refractivity contribution in [2.24, 2.45) is 47.3 Å². The molecule has 4 aliphatic rings. The zero-order valence-corrected chi connectivity index (χ0v) is 41.2. The molecule has 0 atom stereocenters. The SMILES string of the molecule is CCCCCC[C@H]1CC[C@H](C2CCC(C#Cc3ccc(CCCCC)c(F)c3)CC2)CC1.CCCCCc1ccc(C#CC2CCC([C@H]3CC[C@H](CCCCC)CC3)CC2)cc1F. The van der Waals surface area contributed by atoms with Crippen molar-refractivity contribution < 1.29 is 8.78 Å². The van der Waals surface area contributed by atoms with Gasteiger partial charge in [-0.15, -0.1) is 0 Å². The Bertz CT molecular complexity index is 1650. The van der Waals surface area contributed by atoms with Gasteiger partial charge in [0.2, 0.25) is 0 Å². The lowest BCUT2D eigenvalue weighted by Crippen LogP contribution is -2.25. The Balaban J connectivity index is 0.000000238. The number of hydrogen-bond acceptors (Lipinski definition) is 0. The van der Waals surface area contributed by atoms with Crippen molar-refractivity contribution >= 4 is 0 Å². The number of benzene rings is 2. The van der Waals surface area contributed by atoms with Gasteiger partial charge in [-0.2, -0.15) is 0 Å². The zero-order valence-electron chi connectivity index (χ0n) is 41.2. The molecule has 2 aromatic carbocycles. The summed E-state index contributed by atoms with van der Waals surface area (Å²) in [5.74, 6) is 20.3. The molecule has 63 heavy (non-hydrogen) atoms. The maximum Gasteiger partial charge on any atom is 0.127 e. The molecular weight excluding hydrogens is 771 g/mol. The van der Waals surface area contributed by atoms with Crippen LogP contribution >= 0.6 is 0 Å². The maximum atomic E-state index is 14.4. The Hall–Kier alpha value is -2.58. The predicted molar refractivity (Wildman–Crippen MR) is 268 cm³/mol. The van der Waals surface area contributed by atoms with E-state index >= 15 is 0 Å². The smallest absolute Gasteiger partial charge is 0.127 e. The van der Waals surface area contributed by atoms with Crippen LogP contribution in [0, 0.1) is 82.7 Å². The molecule has 2 aromatic rings. The van der Waals surface area contributed by atoms with Crippen molar-refractivity contribution in [3.8, 4) is 23.7 Å². The normalized spacial score (nSPS) is 26.1. The minimum absolute atomic E-state index is 0.0717. The molecule has 6 rings (SSSR count). The fraction of sp³-hybridized carbons (Fsp3) is 0.738. The fourth-order valence-electron chi connectivity index (χ4n) is 12.1. The zero-order chi connectivity index (χ0) is 44.5.